The van der Waals surface area contributed by atoms with Crippen molar-refractivity contribution in [3.63, 3.8) is 0 Å². The highest BCUT2D eigenvalue weighted by atomic mass is 79.9. The Kier molecular flexibility index (Phi) is 3.66. The zero-order valence-electron chi connectivity index (χ0n) is 11.8. The van der Waals surface area contributed by atoms with Gasteiger partial charge in [0.05, 0.1) is 0 Å². The molecule has 0 radical (unpaired) electrons. The second-order valence-electron chi connectivity index (χ2n) is 5.47. The summed E-state index contributed by atoms with van der Waals surface area (Å²) in [6.07, 6.45) is 1.79. The summed E-state index contributed by atoms with van der Waals surface area (Å²) in [5.41, 5.74) is 7.76. The van der Waals surface area contributed by atoms with Crippen molar-refractivity contribution in [1.82, 2.24) is 24.3 Å². The molecule has 0 aliphatic carbocycles. The topological polar surface area (TPSA) is 63.2 Å². The standard InChI is InChI=1S/C13H19BrN6/c1-18-3-4-19(2)10(7-18)8-20-12-11(17-13(20)15)5-9(14)6-16-12/h5-6,10H,3-4,7-8H2,1-2H3,(H2,15,17). The summed E-state index contributed by atoms with van der Waals surface area (Å²) in [5, 5.41) is 0. The number of anilines is 1. The first-order valence-corrected chi connectivity index (χ1v) is 7.50. The van der Waals surface area contributed by atoms with Crippen molar-refractivity contribution >= 4 is 33.0 Å². The van der Waals surface area contributed by atoms with Gasteiger partial charge < -0.3 is 10.6 Å². The molecule has 1 aliphatic heterocycles. The number of halogens is 1. The molecule has 1 saturated heterocycles. The van der Waals surface area contributed by atoms with E-state index in [-0.39, 0.29) is 0 Å². The van der Waals surface area contributed by atoms with Crippen LogP contribution in [0.1, 0.15) is 0 Å². The number of hydrogen-bond acceptors (Lipinski definition) is 5. The fourth-order valence-corrected chi connectivity index (χ4v) is 3.01. The number of nitrogens with zero attached hydrogens (tertiary/aromatic N) is 5. The van der Waals surface area contributed by atoms with Gasteiger partial charge in [0.15, 0.2) is 5.65 Å². The molecule has 20 heavy (non-hydrogen) atoms. The van der Waals surface area contributed by atoms with Crippen LogP contribution in [0.15, 0.2) is 16.7 Å². The SMILES string of the molecule is CN1CCN(C)C(Cn2c(N)nc3cc(Br)cnc32)C1. The van der Waals surface area contributed by atoms with Crippen LogP contribution in [0.2, 0.25) is 0 Å². The minimum Gasteiger partial charge on any atom is -0.369 e. The number of aromatic nitrogens is 3. The van der Waals surface area contributed by atoms with Crippen LogP contribution in [-0.2, 0) is 6.54 Å². The number of fused-ring (bicyclic) bond motifs is 1. The fourth-order valence-electron chi connectivity index (χ4n) is 2.69. The summed E-state index contributed by atoms with van der Waals surface area (Å²) in [7, 11) is 4.32. The lowest BCUT2D eigenvalue weighted by atomic mass is 10.2. The minimum atomic E-state index is 0.430. The fraction of sp³-hybridized carbons (Fsp3) is 0.538. The van der Waals surface area contributed by atoms with E-state index in [4.69, 9.17) is 5.73 Å². The number of piperazine rings is 1. The third-order valence-corrected chi connectivity index (χ3v) is 4.39. The normalized spacial score (nSPS) is 21.6. The van der Waals surface area contributed by atoms with Crippen molar-refractivity contribution in [2.75, 3.05) is 39.5 Å². The Morgan fingerprint density at radius 2 is 2.20 bits per heavy atom. The van der Waals surface area contributed by atoms with E-state index in [1.165, 1.54) is 0 Å². The molecular weight excluding hydrogens is 320 g/mol. The van der Waals surface area contributed by atoms with E-state index in [0.29, 0.717) is 12.0 Å². The van der Waals surface area contributed by atoms with Gasteiger partial charge in [0, 0.05) is 42.9 Å². The zero-order valence-corrected chi connectivity index (χ0v) is 13.3. The highest BCUT2D eigenvalue weighted by Crippen LogP contribution is 2.21. The van der Waals surface area contributed by atoms with Crippen molar-refractivity contribution in [1.29, 1.82) is 0 Å². The zero-order chi connectivity index (χ0) is 14.3. The third kappa shape index (κ3) is 2.53. The van der Waals surface area contributed by atoms with Gasteiger partial charge in [-0.1, -0.05) is 0 Å². The van der Waals surface area contributed by atoms with E-state index < -0.39 is 0 Å². The summed E-state index contributed by atoms with van der Waals surface area (Å²) in [5.74, 6) is 0.534. The summed E-state index contributed by atoms with van der Waals surface area (Å²) >= 11 is 3.41. The monoisotopic (exact) mass is 338 g/mol. The molecule has 108 valence electrons. The Labute approximate surface area is 126 Å². The molecule has 2 aromatic heterocycles. The molecule has 0 saturated carbocycles. The number of likely N-dealkylation sites (N-methyl/N-ethyl adjacent to an activating group) is 2. The largest absolute Gasteiger partial charge is 0.369 e. The molecule has 6 nitrogen and oxygen atoms in total. The van der Waals surface area contributed by atoms with E-state index in [9.17, 15) is 0 Å². The lowest BCUT2D eigenvalue weighted by molar-refractivity contribution is 0.104. The highest BCUT2D eigenvalue weighted by Gasteiger charge is 2.24. The average molecular weight is 339 g/mol. The van der Waals surface area contributed by atoms with Crippen LogP contribution >= 0.6 is 15.9 Å². The van der Waals surface area contributed by atoms with Crippen molar-refractivity contribution in [3.8, 4) is 0 Å². The molecule has 3 rings (SSSR count). The molecule has 2 N–H and O–H groups in total. The molecule has 1 aliphatic rings. The predicted molar refractivity (Wildman–Crippen MR) is 83.6 cm³/mol. The van der Waals surface area contributed by atoms with E-state index in [1.807, 2.05) is 10.6 Å². The van der Waals surface area contributed by atoms with Crippen molar-refractivity contribution < 1.29 is 0 Å². The van der Waals surface area contributed by atoms with E-state index in [1.54, 1.807) is 6.20 Å². The van der Waals surface area contributed by atoms with Crippen LogP contribution in [0.25, 0.3) is 11.2 Å². The number of rotatable bonds is 2. The molecule has 0 bridgehead atoms. The molecular formula is C13H19BrN6. The van der Waals surface area contributed by atoms with E-state index in [0.717, 1.165) is 41.8 Å². The maximum absolute atomic E-state index is 6.07. The molecule has 0 aromatic carbocycles. The quantitative estimate of drug-likeness (QED) is 0.885. The predicted octanol–water partition coefficient (Wildman–Crippen LogP) is 1.02. The van der Waals surface area contributed by atoms with Crippen molar-refractivity contribution in [3.05, 3.63) is 16.7 Å². The van der Waals surface area contributed by atoms with Gasteiger partial charge in [-0.3, -0.25) is 9.47 Å². The number of hydrogen-bond donors (Lipinski definition) is 1. The first kappa shape index (κ1) is 13.8. The van der Waals surface area contributed by atoms with Crippen LogP contribution in [0, 0.1) is 0 Å². The van der Waals surface area contributed by atoms with Crippen molar-refractivity contribution in [2.45, 2.75) is 12.6 Å². The maximum atomic E-state index is 6.07. The lowest BCUT2D eigenvalue weighted by Gasteiger charge is -2.37. The summed E-state index contributed by atoms with van der Waals surface area (Å²) < 4.78 is 2.94. The van der Waals surface area contributed by atoms with Gasteiger partial charge in [0.2, 0.25) is 5.95 Å². The summed E-state index contributed by atoms with van der Waals surface area (Å²) in [6, 6.07) is 2.38. The lowest BCUT2D eigenvalue weighted by Crippen LogP contribution is -2.51. The summed E-state index contributed by atoms with van der Waals surface area (Å²) in [6.45, 7) is 4.04. The average Bonchev–Trinajstić information content (AvgIpc) is 2.69. The minimum absolute atomic E-state index is 0.430. The maximum Gasteiger partial charge on any atom is 0.202 e. The number of pyridine rings is 1. The number of nitrogen functional groups attached to an aromatic ring is 1. The third-order valence-electron chi connectivity index (χ3n) is 3.95. The number of nitrogens with two attached hydrogens (primary N) is 1. The van der Waals surface area contributed by atoms with Crippen LogP contribution in [-0.4, -0.2) is 64.1 Å². The first-order chi connectivity index (χ1) is 9.54. The highest BCUT2D eigenvalue weighted by molar-refractivity contribution is 9.10. The van der Waals surface area contributed by atoms with Crippen LogP contribution in [0.3, 0.4) is 0 Å². The first-order valence-electron chi connectivity index (χ1n) is 6.70. The van der Waals surface area contributed by atoms with Gasteiger partial charge in [-0.05, 0) is 36.1 Å². The van der Waals surface area contributed by atoms with Gasteiger partial charge in [0.1, 0.15) is 5.52 Å². The van der Waals surface area contributed by atoms with Gasteiger partial charge in [-0.15, -0.1) is 0 Å². The van der Waals surface area contributed by atoms with E-state index in [2.05, 4.69) is 49.8 Å². The molecule has 1 atom stereocenters. The van der Waals surface area contributed by atoms with Crippen LogP contribution < -0.4 is 5.73 Å². The molecule has 0 amide bonds. The summed E-state index contributed by atoms with van der Waals surface area (Å²) in [4.78, 5) is 13.6. The molecule has 3 heterocycles. The Balaban J connectivity index is 1.92. The second kappa shape index (κ2) is 5.31. The second-order valence-corrected chi connectivity index (χ2v) is 6.39. The Morgan fingerprint density at radius 3 is 3.00 bits per heavy atom. The van der Waals surface area contributed by atoms with Crippen molar-refractivity contribution in [2.24, 2.45) is 0 Å². The molecule has 7 heteroatoms. The van der Waals surface area contributed by atoms with E-state index >= 15 is 0 Å². The molecule has 0 spiro atoms. The Hall–Kier alpha value is -1.18. The molecule has 1 fully saturated rings. The molecule has 2 aromatic rings. The number of imidazole rings is 1. The van der Waals surface area contributed by atoms with Gasteiger partial charge >= 0.3 is 0 Å². The Bertz CT molecular complexity index is 625. The molecule has 1 unspecified atom stereocenters. The van der Waals surface area contributed by atoms with Gasteiger partial charge in [-0.25, -0.2) is 9.97 Å². The van der Waals surface area contributed by atoms with Gasteiger partial charge in [-0.2, -0.15) is 0 Å². The van der Waals surface area contributed by atoms with Gasteiger partial charge in [0.25, 0.3) is 0 Å². The van der Waals surface area contributed by atoms with Crippen LogP contribution in [0.4, 0.5) is 5.95 Å². The Morgan fingerprint density at radius 1 is 1.40 bits per heavy atom. The smallest absolute Gasteiger partial charge is 0.202 e. The van der Waals surface area contributed by atoms with Crippen LogP contribution in [0.5, 0.6) is 0 Å².